The first-order valence-electron chi connectivity index (χ1n) is 6.80. The van der Waals surface area contributed by atoms with Crippen molar-refractivity contribution in [2.45, 2.75) is 33.1 Å². The molecule has 0 aliphatic carbocycles. The molecule has 110 valence electrons. The molecule has 1 aromatic carbocycles. The van der Waals surface area contributed by atoms with Crippen LogP contribution in [0.1, 0.15) is 38.7 Å². The monoisotopic (exact) mass is 278 g/mol. The zero-order chi connectivity index (χ0) is 15.1. The molecule has 0 saturated heterocycles. The predicted molar refractivity (Wildman–Crippen MR) is 76.8 cm³/mol. The fourth-order valence-electron chi connectivity index (χ4n) is 2.11. The summed E-state index contributed by atoms with van der Waals surface area (Å²) in [6.45, 7) is 5.47. The lowest BCUT2D eigenvalue weighted by atomic mass is 9.87. The molecule has 1 aromatic rings. The molecule has 0 fully saturated rings. The summed E-state index contributed by atoms with van der Waals surface area (Å²) in [6, 6.07) is 7.37. The van der Waals surface area contributed by atoms with E-state index < -0.39 is 0 Å². The van der Waals surface area contributed by atoms with E-state index in [9.17, 15) is 9.59 Å². The zero-order valence-electron chi connectivity index (χ0n) is 12.5. The van der Waals surface area contributed by atoms with Gasteiger partial charge in [0.1, 0.15) is 11.5 Å². The minimum Gasteiger partial charge on any atom is -0.497 e. The van der Waals surface area contributed by atoms with Crippen LogP contribution in [0.3, 0.4) is 0 Å². The van der Waals surface area contributed by atoms with E-state index in [4.69, 9.17) is 9.47 Å². The van der Waals surface area contributed by atoms with E-state index in [1.807, 2.05) is 24.3 Å². The van der Waals surface area contributed by atoms with Gasteiger partial charge in [0, 0.05) is 5.92 Å². The van der Waals surface area contributed by atoms with Crippen molar-refractivity contribution in [3.8, 4) is 5.75 Å². The van der Waals surface area contributed by atoms with Crippen LogP contribution in [0.5, 0.6) is 5.75 Å². The van der Waals surface area contributed by atoms with Crippen molar-refractivity contribution in [3.63, 3.8) is 0 Å². The lowest BCUT2D eigenvalue weighted by molar-refractivity contribution is -0.147. The Morgan fingerprint density at radius 2 is 1.80 bits per heavy atom. The van der Waals surface area contributed by atoms with E-state index in [1.54, 1.807) is 27.9 Å². The Hall–Kier alpha value is -1.84. The number of Topliss-reactive ketones (excluding diaryl/α,β-unsaturated/α-hetero) is 1. The Morgan fingerprint density at radius 3 is 2.25 bits per heavy atom. The Morgan fingerprint density at radius 1 is 1.20 bits per heavy atom. The second kappa shape index (κ2) is 7.68. The molecule has 20 heavy (non-hydrogen) atoms. The molecule has 2 atom stereocenters. The molecule has 0 aliphatic heterocycles. The molecule has 0 spiro atoms. The molecule has 4 heteroatoms. The first-order chi connectivity index (χ1) is 9.49. The first kappa shape index (κ1) is 16.2. The van der Waals surface area contributed by atoms with Crippen LogP contribution in [0.25, 0.3) is 0 Å². The maximum absolute atomic E-state index is 11.8. The molecule has 0 aromatic heterocycles. The number of carbonyl (C=O) groups excluding carboxylic acids is 2. The number of methoxy groups -OCH3 is 1. The van der Waals surface area contributed by atoms with E-state index in [1.165, 1.54) is 0 Å². The highest BCUT2D eigenvalue weighted by atomic mass is 16.5. The van der Waals surface area contributed by atoms with Gasteiger partial charge in [0.2, 0.25) is 0 Å². The summed E-state index contributed by atoms with van der Waals surface area (Å²) in [5.74, 6) is -0.0562. The molecule has 0 bridgehead atoms. The van der Waals surface area contributed by atoms with Crippen LogP contribution in [-0.4, -0.2) is 25.5 Å². The lowest BCUT2D eigenvalue weighted by Gasteiger charge is -2.18. The third kappa shape index (κ3) is 4.37. The summed E-state index contributed by atoms with van der Waals surface area (Å²) in [4.78, 5) is 23.5. The minimum atomic E-state index is -0.300. The normalized spacial score (nSPS) is 13.4. The lowest BCUT2D eigenvalue weighted by Crippen LogP contribution is -2.20. The van der Waals surface area contributed by atoms with E-state index in [0.717, 1.165) is 11.3 Å². The highest BCUT2D eigenvalue weighted by molar-refractivity contribution is 5.84. The van der Waals surface area contributed by atoms with E-state index in [-0.39, 0.29) is 23.6 Å². The Balaban J connectivity index is 2.83. The number of ether oxygens (including phenoxy) is 2. The maximum Gasteiger partial charge on any atom is 0.308 e. The highest BCUT2D eigenvalue weighted by Gasteiger charge is 2.24. The molecule has 0 aliphatic rings. The number of hydrogen-bond donors (Lipinski definition) is 0. The van der Waals surface area contributed by atoms with Gasteiger partial charge in [-0.3, -0.25) is 9.59 Å². The topological polar surface area (TPSA) is 52.6 Å². The fraction of sp³-hybridized carbons (Fsp3) is 0.500. The van der Waals surface area contributed by atoms with Gasteiger partial charge in [-0.05, 0) is 38.0 Å². The number of esters is 1. The van der Waals surface area contributed by atoms with Crippen LogP contribution < -0.4 is 4.74 Å². The van der Waals surface area contributed by atoms with Gasteiger partial charge in [-0.15, -0.1) is 0 Å². The van der Waals surface area contributed by atoms with Crippen molar-refractivity contribution in [2.24, 2.45) is 5.92 Å². The standard InChI is InChI=1S/C16H22O4/c1-5-20-16(18)11(2)10-15(12(3)17)13-6-8-14(19-4)9-7-13/h6-9,11,15H,5,10H2,1-4H3. The van der Waals surface area contributed by atoms with Crippen LogP contribution in [0.15, 0.2) is 24.3 Å². The molecule has 2 unspecified atom stereocenters. The van der Waals surface area contributed by atoms with E-state index >= 15 is 0 Å². The average molecular weight is 278 g/mol. The molecule has 1 rings (SSSR count). The second-order valence-corrected chi connectivity index (χ2v) is 4.83. The van der Waals surface area contributed by atoms with E-state index in [2.05, 4.69) is 0 Å². The number of ketones is 1. The summed E-state index contributed by atoms with van der Waals surface area (Å²) >= 11 is 0. The summed E-state index contributed by atoms with van der Waals surface area (Å²) < 4.78 is 10.1. The molecular formula is C16H22O4. The minimum absolute atomic E-state index is 0.0475. The Labute approximate surface area is 120 Å². The van der Waals surface area contributed by atoms with Crippen molar-refractivity contribution in [2.75, 3.05) is 13.7 Å². The smallest absolute Gasteiger partial charge is 0.308 e. The fourth-order valence-corrected chi connectivity index (χ4v) is 2.11. The van der Waals surface area contributed by atoms with Crippen molar-refractivity contribution < 1.29 is 19.1 Å². The predicted octanol–water partition coefficient (Wildman–Crippen LogP) is 2.96. The van der Waals surface area contributed by atoms with Crippen molar-refractivity contribution in [1.29, 1.82) is 0 Å². The molecule has 0 N–H and O–H groups in total. The van der Waals surface area contributed by atoms with Crippen LogP contribution in [0, 0.1) is 5.92 Å². The number of carbonyl (C=O) groups is 2. The van der Waals surface area contributed by atoms with Gasteiger partial charge in [0.05, 0.1) is 19.6 Å². The van der Waals surface area contributed by atoms with Crippen molar-refractivity contribution >= 4 is 11.8 Å². The molecule has 4 nitrogen and oxygen atoms in total. The Kier molecular flexibility index (Phi) is 6.22. The number of benzene rings is 1. The third-order valence-electron chi connectivity index (χ3n) is 3.29. The summed E-state index contributed by atoms with van der Waals surface area (Å²) in [5, 5.41) is 0. The van der Waals surface area contributed by atoms with Gasteiger partial charge in [-0.1, -0.05) is 19.1 Å². The van der Waals surface area contributed by atoms with Gasteiger partial charge in [-0.2, -0.15) is 0 Å². The van der Waals surface area contributed by atoms with E-state index in [0.29, 0.717) is 13.0 Å². The van der Waals surface area contributed by atoms with Crippen molar-refractivity contribution in [1.82, 2.24) is 0 Å². The molecule has 0 saturated carbocycles. The summed E-state index contributed by atoms with van der Waals surface area (Å²) in [7, 11) is 1.60. The van der Waals surface area contributed by atoms with Gasteiger partial charge in [0.15, 0.2) is 0 Å². The summed E-state index contributed by atoms with van der Waals surface area (Å²) in [5.41, 5.74) is 0.898. The maximum atomic E-state index is 11.8. The van der Waals surface area contributed by atoms with Crippen LogP contribution in [0.4, 0.5) is 0 Å². The van der Waals surface area contributed by atoms with Gasteiger partial charge in [-0.25, -0.2) is 0 Å². The number of hydrogen-bond acceptors (Lipinski definition) is 4. The van der Waals surface area contributed by atoms with Gasteiger partial charge in [0.25, 0.3) is 0 Å². The van der Waals surface area contributed by atoms with Crippen LogP contribution in [0.2, 0.25) is 0 Å². The van der Waals surface area contributed by atoms with Gasteiger partial charge < -0.3 is 9.47 Å². The first-order valence-corrected chi connectivity index (χ1v) is 6.80. The summed E-state index contributed by atoms with van der Waals surface area (Å²) in [6.07, 6.45) is 0.459. The van der Waals surface area contributed by atoms with Gasteiger partial charge >= 0.3 is 5.97 Å². The largest absolute Gasteiger partial charge is 0.497 e. The Bertz CT molecular complexity index is 450. The molecule has 0 amide bonds. The molecule has 0 radical (unpaired) electrons. The third-order valence-corrected chi connectivity index (χ3v) is 3.29. The molecule has 0 heterocycles. The van der Waals surface area contributed by atoms with Crippen LogP contribution >= 0.6 is 0 Å². The SMILES string of the molecule is CCOC(=O)C(C)CC(C(C)=O)c1ccc(OC)cc1. The van der Waals surface area contributed by atoms with Crippen LogP contribution in [-0.2, 0) is 14.3 Å². The van der Waals surface area contributed by atoms with Crippen molar-refractivity contribution in [3.05, 3.63) is 29.8 Å². The molecular weight excluding hydrogens is 256 g/mol. The zero-order valence-corrected chi connectivity index (χ0v) is 12.5. The number of rotatable bonds is 7. The average Bonchev–Trinajstić information content (AvgIpc) is 2.44. The quantitative estimate of drug-likeness (QED) is 0.720. The highest BCUT2D eigenvalue weighted by Crippen LogP contribution is 2.27. The second-order valence-electron chi connectivity index (χ2n) is 4.83.